The second-order valence-electron chi connectivity index (χ2n) is 8.18. The van der Waals surface area contributed by atoms with Crippen LogP contribution in [0.3, 0.4) is 0 Å². The predicted octanol–water partition coefficient (Wildman–Crippen LogP) is 3.82. The summed E-state index contributed by atoms with van der Waals surface area (Å²) >= 11 is 0. The molecule has 0 bridgehead atoms. The van der Waals surface area contributed by atoms with E-state index in [0.717, 1.165) is 6.42 Å². The van der Waals surface area contributed by atoms with Crippen molar-refractivity contribution in [2.75, 3.05) is 24.3 Å². The fraction of sp³-hybridized carbons (Fsp3) is 0.192. The highest BCUT2D eigenvalue weighted by atomic mass is 16.5. The quantitative estimate of drug-likeness (QED) is 0.308. The number of pyridine rings is 1. The zero-order valence-corrected chi connectivity index (χ0v) is 18.8. The number of anilines is 3. The molecule has 3 heterocycles. The van der Waals surface area contributed by atoms with Crippen molar-refractivity contribution in [2.24, 2.45) is 0 Å². The van der Waals surface area contributed by atoms with Crippen molar-refractivity contribution in [3.05, 3.63) is 77.7 Å². The fourth-order valence-corrected chi connectivity index (χ4v) is 3.88. The summed E-state index contributed by atoms with van der Waals surface area (Å²) < 4.78 is 11.3. The van der Waals surface area contributed by atoms with Gasteiger partial charge in [0.1, 0.15) is 17.9 Å². The zero-order chi connectivity index (χ0) is 24.2. The Morgan fingerprint density at radius 2 is 1.97 bits per heavy atom. The molecule has 1 aliphatic rings. The lowest BCUT2D eigenvalue weighted by Gasteiger charge is -2.16. The molecular formula is C26H22N6O3. The molecule has 9 heteroatoms. The molecule has 3 N–H and O–H groups in total. The number of aromatic nitrogens is 3. The number of nitrogens with one attached hydrogen (secondary N) is 1. The van der Waals surface area contributed by atoms with Gasteiger partial charge in [-0.25, -0.2) is 9.97 Å². The van der Waals surface area contributed by atoms with Crippen LogP contribution in [-0.2, 0) is 11.2 Å². The maximum atomic E-state index is 12.4. The average Bonchev–Trinajstić information content (AvgIpc) is 3.40. The Kier molecular flexibility index (Phi) is 6.20. The summed E-state index contributed by atoms with van der Waals surface area (Å²) in [6.45, 7) is 1.19. The first-order valence-electron chi connectivity index (χ1n) is 11.1. The largest absolute Gasteiger partial charge is 0.486 e. The zero-order valence-electron chi connectivity index (χ0n) is 18.8. The maximum Gasteiger partial charge on any atom is 0.227 e. The van der Waals surface area contributed by atoms with Crippen LogP contribution in [0.25, 0.3) is 10.9 Å². The summed E-state index contributed by atoms with van der Waals surface area (Å²) in [5.41, 5.74) is 9.44. The molecule has 9 nitrogen and oxygen atoms in total. The number of ether oxygens (including phenoxy) is 2. The van der Waals surface area contributed by atoms with Crippen LogP contribution < -0.4 is 15.8 Å². The number of nitriles is 1. The van der Waals surface area contributed by atoms with Crippen LogP contribution in [0.4, 0.5) is 17.3 Å². The van der Waals surface area contributed by atoms with Crippen molar-refractivity contribution in [1.29, 1.82) is 5.26 Å². The molecule has 1 aliphatic heterocycles. The second-order valence-corrected chi connectivity index (χ2v) is 8.18. The SMILES string of the molecule is N#Cc1cnc2cc(OC3CCOC3)c(N)cc2c1Nc1ncc(CC(=O)c2ccccc2)cn1. The summed E-state index contributed by atoms with van der Waals surface area (Å²) in [6, 6.07) is 14.7. The van der Waals surface area contributed by atoms with Gasteiger partial charge < -0.3 is 20.5 Å². The van der Waals surface area contributed by atoms with E-state index in [1.165, 1.54) is 6.20 Å². The van der Waals surface area contributed by atoms with Crippen LogP contribution in [-0.4, -0.2) is 40.1 Å². The Bertz CT molecular complexity index is 1410. The van der Waals surface area contributed by atoms with Crippen LogP contribution in [0.2, 0.25) is 0 Å². The third-order valence-electron chi connectivity index (χ3n) is 5.70. The van der Waals surface area contributed by atoms with Crippen molar-refractivity contribution in [1.82, 2.24) is 15.0 Å². The average molecular weight is 467 g/mol. The van der Waals surface area contributed by atoms with Crippen LogP contribution in [0.15, 0.2) is 61.1 Å². The predicted molar refractivity (Wildman–Crippen MR) is 131 cm³/mol. The number of nitrogen functional groups attached to an aromatic ring is 1. The molecule has 1 unspecified atom stereocenters. The van der Waals surface area contributed by atoms with E-state index in [9.17, 15) is 10.1 Å². The molecule has 2 aromatic carbocycles. The van der Waals surface area contributed by atoms with E-state index in [0.29, 0.717) is 57.9 Å². The molecule has 2 aromatic heterocycles. The lowest BCUT2D eigenvalue weighted by atomic mass is 10.1. The first kappa shape index (κ1) is 22.3. The third kappa shape index (κ3) is 4.88. The number of fused-ring (bicyclic) bond motifs is 1. The van der Waals surface area contributed by atoms with Crippen LogP contribution in [0.5, 0.6) is 5.75 Å². The van der Waals surface area contributed by atoms with Gasteiger partial charge in [0.25, 0.3) is 0 Å². The summed E-state index contributed by atoms with van der Waals surface area (Å²) in [5, 5.41) is 13.4. The van der Waals surface area contributed by atoms with E-state index in [1.807, 2.05) is 18.2 Å². The Labute approximate surface area is 201 Å². The maximum absolute atomic E-state index is 12.4. The molecule has 35 heavy (non-hydrogen) atoms. The Morgan fingerprint density at radius 3 is 2.69 bits per heavy atom. The molecule has 0 spiro atoms. The first-order chi connectivity index (χ1) is 17.1. The number of hydrogen-bond acceptors (Lipinski definition) is 9. The molecule has 1 atom stereocenters. The van der Waals surface area contributed by atoms with Crippen molar-refractivity contribution in [2.45, 2.75) is 18.9 Å². The smallest absolute Gasteiger partial charge is 0.227 e. The number of nitrogens with zero attached hydrogens (tertiary/aromatic N) is 4. The molecule has 0 aliphatic carbocycles. The number of nitrogens with two attached hydrogens (primary N) is 1. The fourth-order valence-electron chi connectivity index (χ4n) is 3.88. The van der Waals surface area contributed by atoms with E-state index in [2.05, 4.69) is 26.3 Å². The third-order valence-corrected chi connectivity index (χ3v) is 5.70. The monoisotopic (exact) mass is 466 g/mol. The number of ketones is 1. The van der Waals surface area contributed by atoms with Gasteiger partial charge in [-0.15, -0.1) is 0 Å². The van der Waals surface area contributed by atoms with Gasteiger partial charge in [-0.1, -0.05) is 30.3 Å². The minimum atomic E-state index is -0.0496. The topological polar surface area (TPSA) is 136 Å². The highest BCUT2D eigenvalue weighted by Gasteiger charge is 2.20. The minimum absolute atomic E-state index is 0.0144. The summed E-state index contributed by atoms with van der Waals surface area (Å²) in [4.78, 5) is 25.5. The number of hydrogen-bond donors (Lipinski definition) is 2. The van der Waals surface area contributed by atoms with Gasteiger partial charge in [0.15, 0.2) is 5.78 Å². The first-order valence-corrected chi connectivity index (χ1v) is 11.1. The van der Waals surface area contributed by atoms with Crippen molar-refractivity contribution in [3.63, 3.8) is 0 Å². The van der Waals surface area contributed by atoms with Gasteiger partial charge in [0.05, 0.1) is 35.7 Å². The molecule has 1 fully saturated rings. The van der Waals surface area contributed by atoms with Crippen molar-refractivity contribution < 1.29 is 14.3 Å². The van der Waals surface area contributed by atoms with Crippen LogP contribution in [0, 0.1) is 11.3 Å². The highest BCUT2D eigenvalue weighted by Crippen LogP contribution is 2.35. The lowest BCUT2D eigenvalue weighted by molar-refractivity contribution is 0.0992. The summed E-state index contributed by atoms with van der Waals surface area (Å²) in [6.07, 6.45) is 5.61. The van der Waals surface area contributed by atoms with E-state index < -0.39 is 0 Å². The van der Waals surface area contributed by atoms with E-state index in [1.54, 1.807) is 36.7 Å². The standard InChI is InChI=1S/C26H22N6O3/c27-11-18-14-29-22-10-24(35-19-6-7-34-15-19)21(28)9-20(22)25(18)32-26-30-12-16(13-31-26)8-23(33)17-4-2-1-3-5-17/h1-5,9-10,12-14,19H,6-8,15,28H2,(H,29,30,31,32). The Balaban J connectivity index is 1.39. The number of carbonyl (C=O) groups excluding carboxylic acids is 1. The van der Waals surface area contributed by atoms with E-state index >= 15 is 0 Å². The molecular weight excluding hydrogens is 444 g/mol. The molecule has 4 aromatic rings. The number of Topliss-reactive ketones (excluding diaryl/α,β-unsaturated/α-hetero) is 1. The Hall–Kier alpha value is -4.55. The number of benzene rings is 2. The van der Waals surface area contributed by atoms with Crippen LogP contribution >= 0.6 is 0 Å². The highest BCUT2D eigenvalue weighted by molar-refractivity contribution is 5.98. The van der Waals surface area contributed by atoms with Gasteiger partial charge in [-0.05, 0) is 11.6 Å². The number of carbonyl (C=O) groups is 1. The molecule has 0 saturated carbocycles. The molecule has 0 radical (unpaired) electrons. The Morgan fingerprint density at radius 1 is 1.17 bits per heavy atom. The molecule has 5 rings (SSSR count). The van der Waals surface area contributed by atoms with Gasteiger partial charge in [0.2, 0.25) is 5.95 Å². The van der Waals surface area contributed by atoms with Crippen LogP contribution in [0.1, 0.15) is 27.9 Å². The van der Waals surface area contributed by atoms with Gasteiger partial charge in [0, 0.05) is 48.4 Å². The molecule has 1 saturated heterocycles. The van der Waals surface area contributed by atoms with Crippen molar-refractivity contribution in [3.8, 4) is 11.8 Å². The van der Waals surface area contributed by atoms with E-state index in [4.69, 9.17) is 15.2 Å². The lowest BCUT2D eigenvalue weighted by Crippen LogP contribution is -2.16. The molecule has 0 amide bonds. The molecule has 174 valence electrons. The normalized spacial score (nSPS) is 15.0. The number of rotatable bonds is 7. The van der Waals surface area contributed by atoms with E-state index in [-0.39, 0.29) is 24.3 Å². The van der Waals surface area contributed by atoms with Gasteiger partial charge >= 0.3 is 0 Å². The van der Waals surface area contributed by atoms with Gasteiger partial charge in [-0.3, -0.25) is 9.78 Å². The minimum Gasteiger partial charge on any atom is -0.486 e. The summed E-state index contributed by atoms with van der Waals surface area (Å²) in [5.74, 6) is 0.797. The summed E-state index contributed by atoms with van der Waals surface area (Å²) in [7, 11) is 0. The van der Waals surface area contributed by atoms with Crippen molar-refractivity contribution >= 4 is 34.0 Å². The van der Waals surface area contributed by atoms with Gasteiger partial charge in [-0.2, -0.15) is 5.26 Å². The second kappa shape index (κ2) is 9.75.